The molecule has 7 heteroatoms. The number of carbonyl (C=O) groups is 3. The number of esters is 1. The molecule has 6 nitrogen and oxygen atoms in total. The molecule has 1 aromatic rings. The van der Waals surface area contributed by atoms with Crippen LogP contribution < -0.4 is 5.32 Å². The second-order valence-corrected chi connectivity index (χ2v) is 8.29. The highest BCUT2D eigenvalue weighted by Gasteiger charge is 2.42. The zero-order valence-corrected chi connectivity index (χ0v) is 17.0. The van der Waals surface area contributed by atoms with Crippen LogP contribution in [0.25, 0.3) is 0 Å². The molecule has 0 unspecified atom stereocenters. The molecule has 0 radical (unpaired) electrons. The third-order valence-electron chi connectivity index (χ3n) is 6.30. The Labute approximate surface area is 170 Å². The monoisotopic (exact) mass is 404 g/mol. The van der Waals surface area contributed by atoms with E-state index in [2.05, 4.69) is 19.2 Å². The molecule has 1 N–H and O–H groups in total. The smallest absolute Gasteiger partial charge is 0.311 e. The molecule has 1 aliphatic carbocycles. The van der Waals surface area contributed by atoms with Crippen LogP contribution in [0.1, 0.15) is 45.1 Å². The van der Waals surface area contributed by atoms with Crippen molar-refractivity contribution in [1.29, 1.82) is 0 Å². The molecule has 2 amide bonds. The van der Waals surface area contributed by atoms with Gasteiger partial charge in [0.2, 0.25) is 5.91 Å². The van der Waals surface area contributed by atoms with Gasteiger partial charge in [-0.2, -0.15) is 0 Å². The standard InChI is InChI=1S/C22H29FN2O4/c1-14-4-3-5-19(15(14)2)25-12-17(10-21(25)27)22(28)29-13-20(26)24-11-16-6-8-18(23)9-7-16/h6-9,14-15,17,19H,3-5,10-13H2,1-2H3,(H,24,26)/t14-,15-,17-,19+/m1/s1. The highest BCUT2D eigenvalue weighted by atomic mass is 19.1. The summed E-state index contributed by atoms with van der Waals surface area (Å²) in [5, 5.41) is 2.63. The number of likely N-dealkylation sites (tertiary alicyclic amines) is 1. The van der Waals surface area contributed by atoms with Crippen LogP contribution in [0.2, 0.25) is 0 Å². The summed E-state index contributed by atoms with van der Waals surface area (Å²) in [6.07, 6.45) is 3.40. The van der Waals surface area contributed by atoms with E-state index in [0.29, 0.717) is 18.4 Å². The highest BCUT2D eigenvalue weighted by molar-refractivity contribution is 5.88. The maximum absolute atomic E-state index is 12.9. The van der Waals surface area contributed by atoms with Crippen molar-refractivity contribution < 1.29 is 23.5 Å². The fraction of sp³-hybridized carbons (Fsp3) is 0.591. The Kier molecular flexibility index (Phi) is 6.87. The molecule has 1 aromatic carbocycles. The number of nitrogens with zero attached hydrogens (tertiary/aromatic N) is 1. The Bertz CT molecular complexity index is 752. The van der Waals surface area contributed by atoms with E-state index in [1.807, 2.05) is 4.90 Å². The topological polar surface area (TPSA) is 75.7 Å². The number of rotatable bonds is 6. The van der Waals surface area contributed by atoms with Gasteiger partial charge < -0.3 is 15.0 Å². The predicted molar refractivity (Wildman–Crippen MR) is 105 cm³/mol. The lowest BCUT2D eigenvalue weighted by Crippen LogP contribution is -2.45. The molecule has 1 saturated heterocycles. The second-order valence-electron chi connectivity index (χ2n) is 8.29. The minimum atomic E-state index is -0.517. The first kappa shape index (κ1) is 21.3. The first-order valence-electron chi connectivity index (χ1n) is 10.3. The Morgan fingerprint density at radius 2 is 1.93 bits per heavy atom. The predicted octanol–water partition coefficient (Wildman–Crippen LogP) is 2.66. The van der Waals surface area contributed by atoms with Gasteiger partial charge in [0.05, 0.1) is 5.92 Å². The minimum absolute atomic E-state index is 0.00124. The van der Waals surface area contributed by atoms with Crippen LogP contribution in [0, 0.1) is 23.6 Å². The van der Waals surface area contributed by atoms with E-state index in [9.17, 15) is 18.8 Å². The van der Waals surface area contributed by atoms with Crippen molar-refractivity contribution in [3.05, 3.63) is 35.6 Å². The first-order valence-corrected chi connectivity index (χ1v) is 10.3. The van der Waals surface area contributed by atoms with Gasteiger partial charge in [0.25, 0.3) is 5.91 Å². The van der Waals surface area contributed by atoms with Crippen LogP contribution in [0.4, 0.5) is 4.39 Å². The van der Waals surface area contributed by atoms with Crippen LogP contribution in [-0.4, -0.2) is 41.9 Å². The van der Waals surface area contributed by atoms with Gasteiger partial charge in [-0.1, -0.05) is 38.8 Å². The average Bonchev–Trinajstić information content (AvgIpc) is 3.09. The fourth-order valence-corrected chi connectivity index (χ4v) is 4.31. The van der Waals surface area contributed by atoms with Gasteiger partial charge in [0.1, 0.15) is 5.82 Å². The van der Waals surface area contributed by atoms with Gasteiger partial charge in [-0.05, 0) is 36.0 Å². The van der Waals surface area contributed by atoms with Crippen molar-refractivity contribution in [3.63, 3.8) is 0 Å². The molecule has 4 atom stereocenters. The van der Waals surface area contributed by atoms with Crippen LogP contribution >= 0.6 is 0 Å². The molecule has 1 aliphatic heterocycles. The molecule has 3 rings (SSSR count). The third kappa shape index (κ3) is 5.34. The largest absolute Gasteiger partial charge is 0.455 e. The molecule has 0 aromatic heterocycles. The average molecular weight is 404 g/mol. The van der Waals surface area contributed by atoms with E-state index >= 15 is 0 Å². The minimum Gasteiger partial charge on any atom is -0.455 e. The lowest BCUT2D eigenvalue weighted by molar-refractivity contribution is -0.152. The maximum Gasteiger partial charge on any atom is 0.311 e. The Morgan fingerprint density at radius 3 is 2.66 bits per heavy atom. The van der Waals surface area contributed by atoms with E-state index in [0.717, 1.165) is 18.4 Å². The van der Waals surface area contributed by atoms with Gasteiger partial charge in [0, 0.05) is 25.6 Å². The van der Waals surface area contributed by atoms with Gasteiger partial charge in [-0.25, -0.2) is 4.39 Å². The molecular formula is C22H29FN2O4. The van der Waals surface area contributed by atoms with Gasteiger partial charge in [0.15, 0.2) is 6.61 Å². The number of hydrogen-bond donors (Lipinski definition) is 1. The van der Waals surface area contributed by atoms with E-state index in [4.69, 9.17) is 4.74 Å². The first-order chi connectivity index (χ1) is 13.8. The van der Waals surface area contributed by atoms with Gasteiger partial charge >= 0.3 is 5.97 Å². The summed E-state index contributed by atoms with van der Waals surface area (Å²) in [6.45, 7) is 4.61. The van der Waals surface area contributed by atoms with Crippen molar-refractivity contribution in [3.8, 4) is 0 Å². The van der Waals surface area contributed by atoms with Crippen molar-refractivity contribution in [2.45, 2.75) is 52.1 Å². The Morgan fingerprint density at radius 1 is 1.21 bits per heavy atom. The molecule has 2 aliphatic rings. The van der Waals surface area contributed by atoms with Crippen molar-refractivity contribution in [2.75, 3.05) is 13.2 Å². The van der Waals surface area contributed by atoms with Crippen molar-refractivity contribution in [1.82, 2.24) is 10.2 Å². The van der Waals surface area contributed by atoms with Crippen LogP contribution in [-0.2, 0) is 25.7 Å². The quantitative estimate of drug-likeness (QED) is 0.740. The Balaban J connectivity index is 1.44. The summed E-state index contributed by atoms with van der Waals surface area (Å²) in [6, 6.07) is 5.97. The second kappa shape index (κ2) is 9.37. The van der Waals surface area contributed by atoms with E-state index < -0.39 is 17.8 Å². The summed E-state index contributed by atoms with van der Waals surface area (Å²) < 4.78 is 18.0. The molecule has 0 bridgehead atoms. The van der Waals surface area contributed by atoms with Crippen LogP contribution in [0.5, 0.6) is 0 Å². The summed E-state index contributed by atoms with van der Waals surface area (Å²) in [5.41, 5.74) is 0.749. The number of carbonyl (C=O) groups excluding carboxylic acids is 3. The number of benzene rings is 1. The summed E-state index contributed by atoms with van der Waals surface area (Å²) in [5.74, 6) is -0.813. The fourth-order valence-electron chi connectivity index (χ4n) is 4.31. The zero-order chi connectivity index (χ0) is 21.0. The van der Waals surface area contributed by atoms with E-state index in [1.165, 1.54) is 18.6 Å². The zero-order valence-electron chi connectivity index (χ0n) is 17.0. The highest BCUT2D eigenvalue weighted by Crippen LogP contribution is 2.35. The van der Waals surface area contributed by atoms with Crippen LogP contribution in [0.3, 0.4) is 0 Å². The molecule has 158 valence electrons. The molecule has 1 saturated carbocycles. The summed E-state index contributed by atoms with van der Waals surface area (Å²) in [7, 11) is 0. The third-order valence-corrected chi connectivity index (χ3v) is 6.30. The molecule has 29 heavy (non-hydrogen) atoms. The maximum atomic E-state index is 12.9. The number of nitrogens with one attached hydrogen (secondary N) is 1. The molecule has 0 spiro atoms. The number of amides is 2. The lowest BCUT2D eigenvalue weighted by atomic mass is 9.77. The molecule has 2 fully saturated rings. The lowest BCUT2D eigenvalue weighted by Gasteiger charge is -2.39. The summed E-state index contributed by atoms with van der Waals surface area (Å²) in [4.78, 5) is 38.6. The van der Waals surface area contributed by atoms with E-state index in [1.54, 1.807) is 12.1 Å². The van der Waals surface area contributed by atoms with Crippen molar-refractivity contribution >= 4 is 17.8 Å². The number of halogens is 1. The van der Waals surface area contributed by atoms with Crippen molar-refractivity contribution in [2.24, 2.45) is 17.8 Å². The Hall–Kier alpha value is -2.44. The number of hydrogen-bond acceptors (Lipinski definition) is 4. The normalized spacial score (nSPS) is 27.0. The molecular weight excluding hydrogens is 375 g/mol. The van der Waals surface area contributed by atoms with Gasteiger partial charge in [-0.3, -0.25) is 14.4 Å². The van der Waals surface area contributed by atoms with E-state index in [-0.39, 0.29) is 37.3 Å². The SMILES string of the molecule is C[C@@H]1[C@H](C)CCC[C@@H]1N1C[C@H](C(=O)OCC(=O)NCc2ccc(F)cc2)CC1=O. The van der Waals surface area contributed by atoms with Gasteiger partial charge in [-0.15, -0.1) is 0 Å². The van der Waals surface area contributed by atoms with Crippen LogP contribution in [0.15, 0.2) is 24.3 Å². The summed E-state index contributed by atoms with van der Waals surface area (Å²) >= 11 is 0. The number of ether oxygens (including phenoxy) is 1. The molecule has 1 heterocycles.